The molecule has 0 spiro atoms. The van der Waals surface area contributed by atoms with Gasteiger partial charge in [0.1, 0.15) is 0 Å². The number of aliphatic carboxylic acids is 1. The summed E-state index contributed by atoms with van der Waals surface area (Å²) in [5, 5.41) is 7.12. The number of carboxylic acids is 1. The van der Waals surface area contributed by atoms with Crippen LogP contribution in [-0.4, -0.2) is 77.6 Å². The van der Waals surface area contributed by atoms with E-state index in [1.54, 1.807) is 0 Å². The van der Waals surface area contributed by atoms with Crippen LogP contribution in [0.4, 0.5) is 19.1 Å². The van der Waals surface area contributed by atoms with Crippen LogP contribution in [0.1, 0.15) is 36.2 Å². The number of ether oxygens (including phenoxy) is 1. The number of rotatable bonds is 2. The van der Waals surface area contributed by atoms with Gasteiger partial charge in [-0.1, -0.05) is 0 Å². The van der Waals surface area contributed by atoms with Gasteiger partial charge >= 0.3 is 12.1 Å². The molecule has 0 amide bonds. The molecule has 0 aromatic carbocycles. The van der Waals surface area contributed by atoms with Gasteiger partial charge in [0.2, 0.25) is 5.95 Å². The summed E-state index contributed by atoms with van der Waals surface area (Å²) in [4.78, 5) is 23.6. The predicted octanol–water partition coefficient (Wildman–Crippen LogP) is 2.21. The van der Waals surface area contributed by atoms with E-state index >= 15 is 0 Å². The van der Waals surface area contributed by atoms with E-state index in [4.69, 9.17) is 24.6 Å². The lowest BCUT2D eigenvalue weighted by atomic mass is 10.1. The van der Waals surface area contributed by atoms with Crippen molar-refractivity contribution in [2.24, 2.45) is 0 Å². The van der Waals surface area contributed by atoms with Crippen LogP contribution in [0.5, 0.6) is 0 Å². The van der Waals surface area contributed by atoms with Crippen molar-refractivity contribution in [3.05, 3.63) is 17.0 Å². The SMILES string of the molecule is Cc1nc(N2CCCC2)nc2c1CCN(C1CCOC1)CC2.O=C(O)C(F)(F)F. The molecule has 1 N–H and O–H groups in total. The highest BCUT2D eigenvalue weighted by atomic mass is 19.4. The predicted molar refractivity (Wildman–Crippen MR) is 100 cm³/mol. The van der Waals surface area contributed by atoms with Crippen LogP contribution in [0.2, 0.25) is 0 Å². The summed E-state index contributed by atoms with van der Waals surface area (Å²) in [7, 11) is 0. The van der Waals surface area contributed by atoms with Crippen LogP contribution in [0.25, 0.3) is 0 Å². The fourth-order valence-corrected chi connectivity index (χ4v) is 4.02. The number of carbonyl (C=O) groups is 1. The topological polar surface area (TPSA) is 78.8 Å². The van der Waals surface area contributed by atoms with Crippen molar-refractivity contribution in [1.29, 1.82) is 0 Å². The van der Waals surface area contributed by atoms with Crippen LogP contribution in [0.3, 0.4) is 0 Å². The summed E-state index contributed by atoms with van der Waals surface area (Å²) in [6.45, 7) is 8.44. The van der Waals surface area contributed by atoms with Crippen molar-refractivity contribution in [3.63, 3.8) is 0 Å². The number of fused-ring (bicyclic) bond motifs is 1. The van der Waals surface area contributed by atoms with E-state index in [1.807, 2.05) is 0 Å². The first-order valence-corrected chi connectivity index (χ1v) is 9.99. The van der Waals surface area contributed by atoms with E-state index in [2.05, 4.69) is 16.7 Å². The maximum absolute atomic E-state index is 10.6. The second-order valence-electron chi connectivity index (χ2n) is 7.58. The minimum absolute atomic E-state index is 0.612. The molecule has 2 saturated heterocycles. The molecule has 0 radical (unpaired) electrons. The molecule has 0 bridgehead atoms. The summed E-state index contributed by atoms with van der Waals surface area (Å²) in [6.07, 6.45) is 0.776. The molecule has 1 unspecified atom stereocenters. The molecule has 7 nitrogen and oxygen atoms in total. The summed E-state index contributed by atoms with van der Waals surface area (Å²) in [6, 6.07) is 0.612. The van der Waals surface area contributed by atoms with Crippen molar-refractivity contribution >= 4 is 11.9 Å². The molecule has 4 heterocycles. The molecule has 0 aliphatic carbocycles. The molecule has 2 fully saturated rings. The van der Waals surface area contributed by atoms with E-state index in [-0.39, 0.29) is 0 Å². The molecular formula is C19H27F3N4O3. The van der Waals surface area contributed by atoms with Gasteiger partial charge < -0.3 is 14.7 Å². The number of aromatic nitrogens is 2. The average Bonchev–Trinajstić information content (AvgIpc) is 3.33. The number of carboxylic acid groups (broad SMARTS) is 1. The summed E-state index contributed by atoms with van der Waals surface area (Å²) in [5.74, 6) is -1.79. The second-order valence-corrected chi connectivity index (χ2v) is 7.58. The standard InChI is InChI=1S/C17H26N4O.C2HF3O2/c1-13-15-4-9-20(14-6-11-22-12-14)10-5-16(15)19-17(18-13)21-7-2-3-8-21;3-2(4,5)1(6)7/h14H,2-12H2,1H3;(H,6,7). The van der Waals surface area contributed by atoms with E-state index in [9.17, 15) is 13.2 Å². The number of anilines is 1. The summed E-state index contributed by atoms with van der Waals surface area (Å²) >= 11 is 0. The van der Waals surface area contributed by atoms with Crippen molar-refractivity contribution in [2.45, 2.75) is 51.2 Å². The van der Waals surface area contributed by atoms with Gasteiger partial charge in [-0.3, -0.25) is 4.90 Å². The van der Waals surface area contributed by atoms with Gasteiger partial charge in [-0.2, -0.15) is 13.2 Å². The molecular weight excluding hydrogens is 389 g/mol. The largest absolute Gasteiger partial charge is 0.490 e. The maximum Gasteiger partial charge on any atom is 0.490 e. The Kier molecular flexibility index (Phi) is 6.94. The van der Waals surface area contributed by atoms with Crippen molar-refractivity contribution < 1.29 is 27.8 Å². The maximum atomic E-state index is 10.6. The van der Waals surface area contributed by atoms with Gasteiger partial charge in [-0.25, -0.2) is 14.8 Å². The number of halogens is 3. The summed E-state index contributed by atoms with van der Waals surface area (Å²) in [5.41, 5.74) is 3.87. The Bertz CT molecular complexity index is 717. The fraction of sp³-hybridized carbons (Fsp3) is 0.737. The molecule has 3 aliphatic heterocycles. The number of aryl methyl sites for hydroxylation is 1. The molecule has 10 heteroatoms. The highest BCUT2D eigenvalue weighted by Crippen LogP contribution is 2.24. The number of hydrogen-bond donors (Lipinski definition) is 1. The Hall–Kier alpha value is -1.94. The number of hydrogen-bond acceptors (Lipinski definition) is 6. The van der Waals surface area contributed by atoms with E-state index in [0.717, 1.165) is 58.2 Å². The minimum atomic E-state index is -5.08. The van der Waals surface area contributed by atoms with E-state index < -0.39 is 12.1 Å². The Balaban J connectivity index is 0.000000298. The highest BCUT2D eigenvalue weighted by Gasteiger charge is 2.38. The zero-order valence-electron chi connectivity index (χ0n) is 16.5. The third kappa shape index (κ3) is 5.57. The second kappa shape index (κ2) is 9.25. The van der Waals surface area contributed by atoms with Gasteiger partial charge in [-0.05, 0) is 38.2 Å². The van der Waals surface area contributed by atoms with Crippen LogP contribution >= 0.6 is 0 Å². The Morgan fingerprint density at radius 2 is 1.79 bits per heavy atom. The quantitative estimate of drug-likeness (QED) is 0.792. The van der Waals surface area contributed by atoms with Crippen LogP contribution < -0.4 is 4.90 Å². The minimum Gasteiger partial charge on any atom is -0.475 e. The smallest absolute Gasteiger partial charge is 0.475 e. The molecule has 4 rings (SSSR count). The molecule has 29 heavy (non-hydrogen) atoms. The lowest BCUT2D eigenvalue weighted by molar-refractivity contribution is -0.192. The fourth-order valence-electron chi connectivity index (χ4n) is 4.02. The first kappa shape index (κ1) is 21.8. The Morgan fingerprint density at radius 3 is 2.38 bits per heavy atom. The first-order valence-electron chi connectivity index (χ1n) is 9.99. The molecule has 162 valence electrons. The van der Waals surface area contributed by atoms with Gasteiger partial charge in [-0.15, -0.1) is 0 Å². The number of alkyl halides is 3. The van der Waals surface area contributed by atoms with Crippen LogP contribution in [0, 0.1) is 6.92 Å². The highest BCUT2D eigenvalue weighted by molar-refractivity contribution is 5.73. The number of nitrogens with zero attached hydrogens (tertiary/aromatic N) is 4. The Labute approximate surface area is 167 Å². The van der Waals surface area contributed by atoms with Gasteiger partial charge in [0, 0.05) is 50.9 Å². The van der Waals surface area contributed by atoms with Gasteiger partial charge in [0.25, 0.3) is 0 Å². The summed E-state index contributed by atoms with van der Waals surface area (Å²) < 4.78 is 37.3. The third-order valence-electron chi connectivity index (χ3n) is 5.63. The van der Waals surface area contributed by atoms with Gasteiger partial charge in [0.05, 0.1) is 12.3 Å². The lowest BCUT2D eigenvalue weighted by Crippen LogP contribution is -2.37. The Morgan fingerprint density at radius 1 is 1.14 bits per heavy atom. The van der Waals surface area contributed by atoms with Crippen molar-refractivity contribution in [3.8, 4) is 0 Å². The molecule has 1 aromatic rings. The van der Waals surface area contributed by atoms with Crippen LogP contribution in [-0.2, 0) is 22.4 Å². The van der Waals surface area contributed by atoms with Crippen molar-refractivity contribution in [1.82, 2.24) is 14.9 Å². The zero-order chi connectivity index (χ0) is 21.0. The molecule has 3 aliphatic rings. The van der Waals surface area contributed by atoms with Crippen LogP contribution in [0.15, 0.2) is 0 Å². The zero-order valence-corrected chi connectivity index (χ0v) is 16.5. The molecule has 1 aromatic heterocycles. The third-order valence-corrected chi connectivity index (χ3v) is 5.63. The average molecular weight is 416 g/mol. The molecule has 0 saturated carbocycles. The molecule has 1 atom stereocenters. The normalized spacial score (nSPS) is 22.6. The first-order chi connectivity index (χ1) is 13.8. The van der Waals surface area contributed by atoms with E-state index in [0.29, 0.717) is 6.04 Å². The van der Waals surface area contributed by atoms with Crippen molar-refractivity contribution in [2.75, 3.05) is 44.3 Å². The van der Waals surface area contributed by atoms with E-state index in [1.165, 1.54) is 36.2 Å². The lowest BCUT2D eigenvalue weighted by Gasteiger charge is -2.25. The monoisotopic (exact) mass is 416 g/mol. The van der Waals surface area contributed by atoms with Gasteiger partial charge in [0.15, 0.2) is 0 Å².